The molecule has 2 aromatic rings. The van der Waals surface area contributed by atoms with Crippen LogP contribution in [0.2, 0.25) is 5.02 Å². The van der Waals surface area contributed by atoms with Crippen molar-refractivity contribution in [1.29, 1.82) is 0 Å². The van der Waals surface area contributed by atoms with Gasteiger partial charge in [0.2, 0.25) is 5.60 Å². The van der Waals surface area contributed by atoms with Crippen molar-refractivity contribution in [3.8, 4) is 11.5 Å². The number of hydrogen-bond donors (Lipinski definition) is 0. The normalized spacial score (nSPS) is 11.0. The third-order valence-corrected chi connectivity index (χ3v) is 3.51. The third kappa shape index (κ3) is 4.23. The zero-order chi connectivity index (χ0) is 17.9. The van der Waals surface area contributed by atoms with Crippen molar-refractivity contribution in [1.82, 2.24) is 0 Å². The Labute approximate surface area is 144 Å². The van der Waals surface area contributed by atoms with E-state index in [1.165, 1.54) is 18.2 Å². The summed E-state index contributed by atoms with van der Waals surface area (Å²) in [6.45, 7) is 4.72. The topological polar surface area (TPSA) is 78.7 Å². The van der Waals surface area contributed by atoms with Gasteiger partial charge in [-0.25, -0.2) is 4.79 Å². The molecule has 0 saturated heterocycles. The Morgan fingerprint density at radius 2 is 1.71 bits per heavy atom. The summed E-state index contributed by atoms with van der Waals surface area (Å²) in [4.78, 5) is 22.6. The van der Waals surface area contributed by atoms with Crippen LogP contribution in [0.25, 0.3) is 0 Å². The molecule has 0 fully saturated rings. The summed E-state index contributed by atoms with van der Waals surface area (Å²) < 4.78 is 10.9. The minimum Gasteiger partial charge on any atom is -0.476 e. The molecule has 6 nitrogen and oxygen atoms in total. The maximum atomic E-state index is 12.3. The highest BCUT2D eigenvalue weighted by Gasteiger charge is 2.32. The van der Waals surface area contributed by atoms with E-state index in [1.807, 2.05) is 0 Å². The second-order valence-corrected chi connectivity index (χ2v) is 6.10. The maximum Gasteiger partial charge on any atom is 0.355 e. The molecule has 0 saturated carbocycles. The predicted molar refractivity (Wildman–Crippen MR) is 89.6 cm³/mol. The molecule has 0 heterocycles. The summed E-state index contributed by atoms with van der Waals surface area (Å²) in [7, 11) is 0. The number of carbonyl (C=O) groups excluding carboxylic acids is 1. The lowest BCUT2D eigenvalue weighted by Crippen LogP contribution is -2.41. The molecule has 0 bridgehead atoms. The number of esters is 1. The molecule has 7 heteroatoms. The van der Waals surface area contributed by atoms with Crippen LogP contribution in [0.5, 0.6) is 11.5 Å². The van der Waals surface area contributed by atoms with Gasteiger partial charge in [-0.1, -0.05) is 11.6 Å². The Morgan fingerprint density at radius 1 is 1.12 bits per heavy atom. The van der Waals surface area contributed by atoms with Gasteiger partial charge in [0, 0.05) is 16.7 Å². The Bertz CT molecular complexity index is 771. The highest BCUT2D eigenvalue weighted by Crippen LogP contribution is 2.26. The van der Waals surface area contributed by atoms with Gasteiger partial charge >= 0.3 is 5.97 Å². The fourth-order valence-electron chi connectivity index (χ4n) is 1.97. The highest BCUT2D eigenvalue weighted by molar-refractivity contribution is 6.30. The first-order valence-electron chi connectivity index (χ1n) is 7.11. The lowest BCUT2D eigenvalue weighted by molar-refractivity contribution is -0.385. The molecule has 126 valence electrons. The molecule has 0 unspecified atom stereocenters. The molecule has 0 amide bonds. The van der Waals surface area contributed by atoms with Crippen LogP contribution in [0.1, 0.15) is 19.4 Å². The average Bonchev–Trinajstić information content (AvgIpc) is 2.49. The van der Waals surface area contributed by atoms with E-state index in [0.717, 1.165) is 0 Å². The van der Waals surface area contributed by atoms with Gasteiger partial charge in [-0.3, -0.25) is 10.1 Å². The van der Waals surface area contributed by atoms with Gasteiger partial charge in [0.05, 0.1) is 4.92 Å². The number of nitrogens with zero attached hydrogens (tertiary/aromatic N) is 1. The van der Waals surface area contributed by atoms with Crippen molar-refractivity contribution < 1.29 is 19.2 Å². The average molecular weight is 350 g/mol. The van der Waals surface area contributed by atoms with Crippen LogP contribution in [0.3, 0.4) is 0 Å². The quantitative estimate of drug-likeness (QED) is 0.347. The summed E-state index contributed by atoms with van der Waals surface area (Å²) in [6, 6.07) is 10.7. The third-order valence-electron chi connectivity index (χ3n) is 3.25. The minimum absolute atomic E-state index is 0.0357. The van der Waals surface area contributed by atoms with Crippen LogP contribution in [0, 0.1) is 17.0 Å². The minimum atomic E-state index is -1.25. The molecule has 0 atom stereocenters. The Morgan fingerprint density at radius 3 is 2.25 bits per heavy atom. The van der Waals surface area contributed by atoms with E-state index >= 15 is 0 Å². The van der Waals surface area contributed by atoms with Gasteiger partial charge < -0.3 is 9.47 Å². The Kier molecular flexibility index (Phi) is 5.09. The number of nitro benzene ring substituents is 1. The number of aryl methyl sites for hydroxylation is 1. The second-order valence-electron chi connectivity index (χ2n) is 5.66. The lowest BCUT2D eigenvalue weighted by atomic mass is 10.1. The Hall–Kier alpha value is -2.60. The molecular formula is C17H16ClNO5. The number of halogens is 1. The van der Waals surface area contributed by atoms with Crippen molar-refractivity contribution >= 4 is 23.3 Å². The molecule has 0 aliphatic rings. The van der Waals surface area contributed by atoms with Gasteiger partial charge in [0.1, 0.15) is 11.5 Å². The molecule has 2 rings (SSSR count). The predicted octanol–water partition coefficient (Wildman–Crippen LogP) is 4.32. The second kappa shape index (κ2) is 6.88. The molecule has 0 aliphatic carbocycles. The molecule has 0 spiro atoms. The van der Waals surface area contributed by atoms with Gasteiger partial charge in [-0.05, 0) is 57.2 Å². The smallest absolute Gasteiger partial charge is 0.355 e. The first kappa shape index (κ1) is 17.7. The van der Waals surface area contributed by atoms with Crippen molar-refractivity contribution in [2.24, 2.45) is 0 Å². The van der Waals surface area contributed by atoms with Gasteiger partial charge in [-0.2, -0.15) is 0 Å². The fourth-order valence-corrected chi connectivity index (χ4v) is 2.09. The first-order chi connectivity index (χ1) is 11.2. The van der Waals surface area contributed by atoms with E-state index in [0.29, 0.717) is 16.3 Å². The summed E-state index contributed by atoms with van der Waals surface area (Å²) in [5.41, 5.74) is -0.878. The zero-order valence-corrected chi connectivity index (χ0v) is 14.2. The van der Waals surface area contributed by atoms with Crippen LogP contribution in [0.15, 0.2) is 42.5 Å². The molecule has 0 N–H and O–H groups in total. The van der Waals surface area contributed by atoms with Crippen molar-refractivity contribution in [2.75, 3.05) is 0 Å². The molecular weight excluding hydrogens is 334 g/mol. The van der Waals surface area contributed by atoms with E-state index in [4.69, 9.17) is 21.1 Å². The SMILES string of the molecule is Cc1cc(OC(=O)C(C)(C)Oc2ccc(Cl)cc2)ccc1[N+](=O)[O-]. The van der Waals surface area contributed by atoms with Gasteiger partial charge in [-0.15, -0.1) is 0 Å². The summed E-state index contributed by atoms with van der Waals surface area (Å²) in [6.07, 6.45) is 0. The van der Waals surface area contributed by atoms with Crippen molar-refractivity contribution in [3.05, 3.63) is 63.2 Å². The number of ether oxygens (including phenoxy) is 2. The van der Waals surface area contributed by atoms with Gasteiger partial charge in [0.15, 0.2) is 0 Å². The number of carbonyl (C=O) groups is 1. The monoisotopic (exact) mass is 349 g/mol. The van der Waals surface area contributed by atoms with Crippen LogP contribution >= 0.6 is 11.6 Å². The first-order valence-corrected chi connectivity index (χ1v) is 7.49. The van der Waals surface area contributed by atoms with E-state index in [9.17, 15) is 14.9 Å². The fraction of sp³-hybridized carbons (Fsp3) is 0.235. The van der Waals surface area contributed by atoms with E-state index in [-0.39, 0.29) is 11.4 Å². The maximum absolute atomic E-state index is 12.3. The Balaban J connectivity index is 2.11. The summed E-state index contributed by atoms with van der Waals surface area (Å²) in [5.74, 6) is 0.0721. The molecule has 0 aromatic heterocycles. The zero-order valence-electron chi connectivity index (χ0n) is 13.4. The largest absolute Gasteiger partial charge is 0.476 e. The number of hydrogen-bond acceptors (Lipinski definition) is 5. The summed E-state index contributed by atoms with van der Waals surface area (Å²) >= 11 is 5.81. The van der Waals surface area contributed by atoms with Gasteiger partial charge in [0.25, 0.3) is 5.69 Å². The van der Waals surface area contributed by atoms with Crippen molar-refractivity contribution in [2.45, 2.75) is 26.4 Å². The number of benzene rings is 2. The van der Waals surface area contributed by atoms with Crippen molar-refractivity contribution in [3.63, 3.8) is 0 Å². The molecule has 24 heavy (non-hydrogen) atoms. The van der Waals surface area contributed by atoms with Crippen LogP contribution < -0.4 is 9.47 Å². The number of rotatable bonds is 5. The van der Waals surface area contributed by atoms with E-state index < -0.39 is 16.5 Å². The molecule has 2 aromatic carbocycles. The van der Waals surface area contributed by atoms with Crippen LogP contribution in [0.4, 0.5) is 5.69 Å². The highest BCUT2D eigenvalue weighted by atomic mass is 35.5. The lowest BCUT2D eigenvalue weighted by Gasteiger charge is -2.24. The van der Waals surface area contributed by atoms with Crippen LogP contribution in [-0.2, 0) is 4.79 Å². The molecule has 0 radical (unpaired) electrons. The molecule has 0 aliphatic heterocycles. The number of nitro groups is 1. The summed E-state index contributed by atoms with van der Waals surface area (Å²) in [5, 5.41) is 11.4. The van der Waals surface area contributed by atoms with Crippen LogP contribution in [-0.4, -0.2) is 16.5 Å². The van der Waals surface area contributed by atoms with E-state index in [2.05, 4.69) is 0 Å². The standard InChI is InChI=1S/C17H16ClNO5/c1-11-10-14(8-9-15(11)19(21)22)23-16(20)17(2,3)24-13-6-4-12(18)5-7-13/h4-10H,1-3H3. The van der Waals surface area contributed by atoms with E-state index in [1.54, 1.807) is 45.0 Å².